The third-order valence-corrected chi connectivity index (χ3v) is 5.46. The summed E-state index contributed by atoms with van der Waals surface area (Å²) in [6, 6.07) is 7.80. The van der Waals surface area contributed by atoms with Gasteiger partial charge < -0.3 is 16.2 Å². The average molecular weight is 512 g/mol. The van der Waals surface area contributed by atoms with E-state index in [0.717, 1.165) is 12.1 Å². The fourth-order valence-electron chi connectivity index (χ4n) is 3.39. The third kappa shape index (κ3) is 4.62. The van der Waals surface area contributed by atoms with Crippen molar-refractivity contribution in [1.29, 1.82) is 0 Å². The first-order valence-electron chi connectivity index (χ1n) is 9.88. The number of aromatic nitrogens is 3. The zero-order valence-electron chi connectivity index (χ0n) is 17.4. The number of nitrogen functional groups attached to an aromatic ring is 1. The van der Waals surface area contributed by atoms with E-state index < -0.39 is 53.1 Å². The summed E-state index contributed by atoms with van der Waals surface area (Å²) in [4.78, 5) is 16.5. The van der Waals surface area contributed by atoms with Crippen molar-refractivity contribution in [3.63, 3.8) is 0 Å². The Morgan fingerprint density at radius 2 is 1.91 bits per heavy atom. The maximum Gasteiger partial charge on any atom is 0.294 e. The minimum Gasteiger partial charge on any atom is -0.382 e. The molecule has 0 aliphatic rings. The van der Waals surface area contributed by atoms with Crippen molar-refractivity contribution < 1.29 is 31.9 Å². The van der Waals surface area contributed by atoms with Crippen molar-refractivity contribution >= 4 is 29.1 Å². The predicted molar refractivity (Wildman–Crippen MR) is 116 cm³/mol. The van der Waals surface area contributed by atoms with Crippen LogP contribution < -0.4 is 11.1 Å². The standard InChI is InChI=1S/C22H15ClF5N5O2/c23-13-5-4-11(10-6-7-33-15(8-10)31-21(29)32-33)18(26)16(13)20(35)30-9-22(27,28)19(34)12-2-1-3-14(24)17(12)25/h1-8,19,34H,9H2,(H2,29,32)(H,30,35)/t19-/m1/s1. The maximum atomic E-state index is 15.3. The normalized spacial score (nSPS) is 12.7. The molecule has 4 N–H and O–H groups in total. The molecule has 2 aromatic carbocycles. The monoisotopic (exact) mass is 511 g/mol. The van der Waals surface area contributed by atoms with Gasteiger partial charge in [-0.3, -0.25) is 4.79 Å². The Hall–Kier alpha value is -3.77. The number of aliphatic hydroxyl groups excluding tert-OH is 1. The Kier molecular flexibility index (Phi) is 6.34. The van der Waals surface area contributed by atoms with Crippen LogP contribution in [0.3, 0.4) is 0 Å². The lowest BCUT2D eigenvalue weighted by atomic mass is 10.0. The number of rotatable bonds is 6. The van der Waals surface area contributed by atoms with Gasteiger partial charge in [0.15, 0.2) is 17.3 Å². The van der Waals surface area contributed by atoms with Crippen LogP contribution in [-0.4, -0.2) is 38.1 Å². The molecule has 35 heavy (non-hydrogen) atoms. The molecule has 0 aliphatic carbocycles. The number of carbonyl (C=O) groups excluding carboxylic acids is 1. The van der Waals surface area contributed by atoms with Crippen LogP contribution in [0, 0.1) is 17.5 Å². The fraction of sp³-hybridized carbons (Fsp3) is 0.136. The smallest absolute Gasteiger partial charge is 0.294 e. The van der Waals surface area contributed by atoms with Crippen LogP contribution >= 0.6 is 11.6 Å². The van der Waals surface area contributed by atoms with Crippen molar-refractivity contribution in [1.82, 2.24) is 19.9 Å². The molecular weight excluding hydrogens is 497 g/mol. The van der Waals surface area contributed by atoms with Crippen LogP contribution in [0.25, 0.3) is 16.8 Å². The summed E-state index contributed by atoms with van der Waals surface area (Å²) in [5, 5.41) is 15.2. The van der Waals surface area contributed by atoms with E-state index in [4.69, 9.17) is 17.3 Å². The summed E-state index contributed by atoms with van der Waals surface area (Å²) in [6.45, 7) is -1.52. The summed E-state index contributed by atoms with van der Waals surface area (Å²) in [5.74, 6) is -9.65. The topological polar surface area (TPSA) is 106 Å². The Bertz CT molecular complexity index is 1450. The van der Waals surface area contributed by atoms with E-state index in [-0.39, 0.29) is 22.1 Å². The summed E-state index contributed by atoms with van der Waals surface area (Å²) in [6.07, 6.45) is -1.33. The minimum absolute atomic E-state index is 0.0139. The van der Waals surface area contributed by atoms with Crippen molar-refractivity contribution in [3.8, 4) is 11.1 Å². The van der Waals surface area contributed by atoms with Gasteiger partial charge in [0.2, 0.25) is 5.95 Å². The molecule has 0 radical (unpaired) electrons. The van der Waals surface area contributed by atoms with E-state index in [2.05, 4.69) is 10.1 Å². The van der Waals surface area contributed by atoms with E-state index in [1.165, 1.54) is 35.0 Å². The van der Waals surface area contributed by atoms with Gasteiger partial charge in [-0.05, 0) is 35.9 Å². The number of aliphatic hydroxyl groups is 1. The molecule has 0 bridgehead atoms. The molecule has 13 heteroatoms. The fourth-order valence-corrected chi connectivity index (χ4v) is 3.62. The molecule has 0 aliphatic heterocycles. The number of nitrogens with one attached hydrogen (secondary N) is 1. The molecular formula is C22H15ClF5N5O2. The average Bonchev–Trinajstić information content (AvgIpc) is 3.18. The molecule has 0 fully saturated rings. The van der Waals surface area contributed by atoms with Gasteiger partial charge >= 0.3 is 0 Å². The van der Waals surface area contributed by atoms with Crippen molar-refractivity contribution in [2.75, 3.05) is 12.3 Å². The van der Waals surface area contributed by atoms with Crippen LogP contribution in [0.15, 0.2) is 48.7 Å². The highest BCUT2D eigenvalue weighted by molar-refractivity contribution is 6.34. The highest BCUT2D eigenvalue weighted by Crippen LogP contribution is 2.34. The second kappa shape index (κ2) is 9.12. The van der Waals surface area contributed by atoms with Crippen LogP contribution in [0.4, 0.5) is 27.9 Å². The second-order valence-corrected chi connectivity index (χ2v) is 7.87. The van der Waals surface area contributed by atoms with E-state index >= 15 is 4.39 Å². The van der Waals surface area contributed by atoms with Crippen LogP contribution in [0.1, 0.15) is 22.0 Å². The number of benzene rings is 2. The minimum atomic E-state index is -4.14. The van der Waals surface area contributed by atoms with E-state index in [9.17, 15) is 27.5 Å². The van der Waals surface area contributed by atoms with Gasteiger partial charge in [0.25, 0.3) is 11.8 Å². The van der Waals surface area contributed by atoms with Gasteiger partial charge in [0.05, 0.1) is 17.1 Å². The highest BCUT2D eigenvalue weighted by atomic mass is 35.5. The van der Waals surface area contributed by atoms with Crippen molar-refractivity contribution in [2.45, 2.75) is 12.0 Å². The first kappa shape index (κ1) is 24.4. The molecule has 4 rings (SSSR count). The molecule has 1 amide bonds. The first-order chi connectivity index (χ1) is 16.5. The molecule has 0 unspecified atom stereocenters. The van der Waals surface area contributed by atoms with Crippen LogP contribution in [0.5, 0.6) is 0 Å². The lowest BCUT2D eigenvalue weighted by Crippen LogP contribution is -2.41. The van der Waals surface area contributed by atoms with Crippen LogP contribution in [0.2, 0.25) is 5.02 Å². The molecule has 0 spiro atoms. The number of halogens is 6. The predicted octanol–water partition coefficient (Wildman–Crippen LogP) is 4.15. The van der Waals surface area contributed by atoms with E-state index in [1.54, 1.807) is 5.32 Å². The van der Waals surface area contributed by atoms with Crippen molar-refractivity contribution in [3.05, 3.63) is 82.3 Å². The van der Waals surface area contributed by atoms with Gasteiger partial charge in [0.1, 0.15) is 11.9 Å². The number of amides is 1. The number of anilines is 1. The molecule has 1 atom stereocenters. The van der Waals surface area contributed by atoms with Gasteiger partial charge in [-0.25, -0.2) is 26.5 Å². The Labute approximate surface area is 199 Å². The molecule has 0 saturated heterocycles. The zero-order valence-corrected chi connectivity index (χ0v) is 18.2. The lowest BCUT2D eigenvalue weighted by Gasteiger charge is -2.24. The summed E-state index contributed by atoms with van der Waals surface area (Å²) in [5.41, 5.74) is 4.28. The first-order valence-corrected chi connectivity index (χ1v) is 10.3. The lowest BCUT2D eigenvalue weighted by molar-refractivity contribution is -0.108. The second-order valence-electron chi connectivity index (χ2n) is 7.46. The Morgan fingerprint density at radius 1 is 1.17 bits per heavy atom. The van der Waals surface area contributed by atoms with Gasteiger partial charge in [-0.1, -0.05) is 23.7 Å². The molecule has 0 saturated carbocycles. The molecule has 4 aromatic rings. The number of pyridine rings is 1. The zero-order chi connectivity index (χ0) is 25.5. The molecule has 7 nitrogen and oxygen atoms in total. The van der Waals surface area contributed by atoms with E-state index in [1.807, 2.05) is 0 Å². The van der Waals surface area contributed by atoms with Gasteiger partial charge in [-0.2, -0.15) is 4.98 Å². The number of nitrogens with two attached hydrogens (primary N) is 1. The summed E-state index contributed by atoms with van der Waals surface area (Å²) >= 11 is 5.96. The number of carbonyl (C=O) groups is 1. The summed E-state index contributed by atoms with van der Waals surface area (Å²) < 4.78 is 72.7. The Morgan fingerprint density at radius 3 is 2.66 bits per heavy atom. The Balaban J connectivity index is 1.59. The number of hydrogen-bond acceptors (Lipinski definition) is 5. The number of fused-ring (bicyclic) bond motifs is 1. The number of hydrogen-bond donors (Lipinski definition) is 3. The van der Waals surface area contributed by atoms with Crippen LogP contribution in [-0.2, 0) is 0 Å². The maximum absolute atomic E-state index is 15.3. The third-order valence-electron chi connectivity index (χ3n) is 5.14. The number of nitrogens with zero attached hydrogens (tertiary/aromatic N) is 3. The van der Waals surface area contributed by atoms with Gasteiger partial charge in [0, 0.05) is 17.3 Å². The molecule has 2 heterocycles. The molecule has 182 valence electrons. The van der Waals surface area contributed by atoms with E-state index in [0.29, 0.717) is 11.7 Å². The largest absolute Gasteiger partial charge is 0.382 e. The molecule has 2 aromatic heterocycles. The summed E-state index contributed by atoms with van der Waals surface area (Å²) in [7, 11) is 0. The number of alkyl halides is 2. The van der Waals surface area contributed by atoms with Gasteiger partial charge in [-0.15, -0.1) is 5.10 Å². The highest BCUT2D eigenvalue weighted by Gasteiger charge is 2.42. The quantitative estimate of drug-likeness (QED) is 0.337. The SMILES string of the molecule is Nc1nc2cc(-c3ccc(Cl)c(C(=O)NCC(F)(F)[C@H](O)c4cccc(F)c4F)c3F)ccn2n1. The van der Waals surface area contributed by atoms with Crippen molar-refractivity contribution in [2.24, 2.45) is 0 Å².